The molecule has 0 aliphatic carbocycles. The zero-order valence-electron chi connectivity index (χ0n) is 18.3. The lowest BCUT2D eigenvalue weighted by molar-refractivity contribution is -0.148. The summed E-state index contributed by atoms with van der Waals surface area (Å²) in [7, 11) is 0. The van der Waals surface area contributed by atoms with Crippen molar-refractivity contribution in [3.63, 3.8) is 0 Å². The van der Waals surface area contributed by atoms with Crippen LogP contribution in [0.15, 0.2) is 42.5 Å². The number of phenols is 1. The number of benzene rings is 2. The molecular weight excluding hydrogens is 378 g/mol. The molecule has 2 aromatic rings. The third-order valence-corrected chi connectivity index (χ3v) is 6.15. The lowest BCUT2D eigenvalue weighted by Gasteiger charge is -2.39. The SMILES string of the molecule is CC1CC(C(C)(C)C(=O)O)c2c(O)cc(OC(C)CCCc3ccccc3)cc2N1. The first-order valence-corrected chi connectivity index (χ1v) is 10.8. The predicted octanol–water partition coefficient (Wildman–Crippen LogP) is 5.58. The zero-order valence-corrected chi connectivity index (χ0v) is 18.3. The fourth-order valence-corrected chi connectivity index (χ4v) is 4.30. The normalized spacial score (nSPS) is 19.5. The number of anilines is 1. The summed E-state index contributed by atoms with van der Waals surface area (Å²) in [4.78, 5) is 11.8. The number of phenolic OH excluding ortho intramolecular Hbond substituents is 1. The molecule has 2 aromatic carbocycles. The molecule has 3 rings (SSSR count). The van der Waals surface area contributed by atoms with Crippen LogP contribution in [0.25, 0.3) is 0 Å². The summed E-state index contributed by atoms with van der Waals surface area (Å²) in [5, 5.41) is 23.9. The highest BCUT2D eigenvalue weighted by Crippen LogP contribution is 2.50. The molecule has 0 radical (unpaired) electrons. The van der Waals surface area contributed by atoms with Crippen molar-refractivity contribution in [1.82, 2.24) is 0 Å². The summed E-state index contributed by atoms with van der Waals surface area (Å²) >= 11 is 0. The minimum Gasteiger partial charge on any atom is -0.507 e. The van der Waals surface area contributed by atoms with Crippen molar-refractivity contribution in [2.75, 3.05) is 5.32 Å². The van der Waals surface area contributed by atoms with E-state index in [4.69, 9.17) is 4.74 Å². The van der Waals surface area contributed by atoms with E-state index in [9.17, 15) is 15.0 Å². The molecule has 5 nitrogen and oxygen atoms in total. The summed E-state index contributed by atoms with van der Waals surface area (Å²) in [5.41, 5.74) is 1.78. The van der Waals surface area contributed by atoms with E-state index in [1.807, 2.05) is 26.0 Å². The van der Waals surface area contributed by atoms with Crippen molar-refractivity contribution >= 4 is 11.7 Å². The van der Waals surface area contributed by atoms with Gasteiger partial charge in [-0.25, -0.2) is 0 Å². The Morgan fingerprint density at radius 1 is 1.27 bits per heavy atom. The van der Waals surface area contributed by atoms with E-state index in [-0.39, 0.29) is 23.8 Å². The van der Waals surface area contributed by atoms with Crippen LogP contribution in [0.3, 0.4) is 0 Å². The van der Waals surface area contributed by atoms with Gasteiger partial charge in [-0.2, -0.15) is 0 Å². The van der Waals surface area contributed by atoms with Gasteiger partial charge in [-0.15, -0.1) is 0 Å². The Hall–Kier alpha value is -2.69. The average Bonchev–Trinajstić information content (AvgIpc) is 2.67. The fraction of sp³-hybridized carbons (Fsp3) is 0.480. The van der Waals surface area contributed by atoms with Crippen molar-refractivity contribution in [1.29, 1.82) is 0 Å². The summed E-state index contributed by atoms with van der Waals surface area (Å²) in [5.74, 6) is -0.442. The standard InChI is InChI=1S/C25H33NO4/c1-16-13-20(25(3,4)24(28)29)23-21(26-16)14-19(15-22(23)27)30-17(2)9-8-12-18-10-6-5-7-11-18/h5-7,10-11,14-17,20,26-27H,8-9,12-13H2,1-4H3,(H,28,29). The number of rotatable bonds is 8. The van der Waals surface area contributed by atoms with Crippen molar-refractivity contribution in [2.45, 2.75) is 71.4 Å². The third kappa shape index (κ3) is 4.89. The van der Waals surface area contributed by atoms with Gasteiger partial charge in [-0.1, -0.05) is 30.3 Å². The van der Waals surface area contributed by atoms with Gasteiger partial charge >= 0.3 is 5.97 Å². The van der Waals surface area contributed by atoms with Crippen LogP contribution < -0.4 is 10.1 Å². The van der Waals surface area contributed by atoms with E-state index < -0.39 is 11.4 Å². The topological polar surface area (TPSA) is 78.8 Å². The highest BCUT2D eigenvalue weighted by molar-refractivity contribution is 5.77. The summed E-state index contributed by atoms with van der Waals surface area (Å²) < 4.78 is 6.09. The van der Waals surface area contributed by atoms with Crippen LogP contribution in [0, 0.1) is 5.41 Å². The molecule has 30 heavy (non-hydrogen) atoms. The summed E-state index contributed by atoms with van der Waals surface area (Å²) in [6, 6.07) is 14.0. The molecule has 0 saturated carbocycles. The third-order valence-electron chi connectivity index (χ3n) is 6.15. The van der Waals surface area contributed by atoms with Gasteiger partial charge < -0.3 is 20.3 Å². The van der Waals surface area contributed by atoms with E-state index >= 15 is 0 Å². The van der Waals surface area contributed by atoms with Gasteiger partial charge in [-0.3, -0.25) is 4.79 Å². The lowest BCUT2D eigenvalue weighted by Crippen LogP contribution is -2.37. The number of aliphatic carboxylic acids is 1. The Morgan fingerprint density at radius 3 is 2.63 bits per heavy atom. The maximum atomic E-state index is 11.8. The number of carboxylic acids is 1. The molecule has 3 N–H and O–H groups in total. The molecule has 0 amide bonds. The number of fused-ring (bicyclic) bond motifs is 1. The van der Waals surface area contributed by atoms with E-state index in [0.717, 1.165) is 24.9 Å². The molecule has 162 valence electrons. The van der Waals surface area contributed by atoms with Crippen molar-refractivity contribution in [2.24, 2.45) is 5.41 Å². The van der Waals surface area contributed by atoms with E-state index in [1.54, 1.807) is 19.9 Å². The Labute approximate surface area is 179 Å². The van der Waals surface area contributed by atoms with Gasteiger partial charge in [0.1, 0.15) is 11.5 Å². The number of hydrogen-bond donors (Lipinski definition) is 3. The number of aromatic hydroxyl groups is 1. The minimum absolute atomic E-state index is 0.0124. The Bertz CT molecular complexity index is 878. The van der Waals surface area contributed by atoms with Crippen molar-refractivity contribution < 1.29 is 19.7 Å². The first-order chi connectivity index (χ1) is 14.2. The monoisotopic (exact) mass is 411 g/mol. The molecule has 1 aliphatic rings. The predicted molar refractivity (Wildman–Crippen MR) is 119 cm³/mol. The van der Waals surface area contributed by atoms with Crippen LogP contribution in [0.2, 0.25) is 0 Å². The highest BCUT2D eigenvalue weighted by Gasteiger charge is 2.43. The molecule has 1 heterocycles. The van der Waals surface area contributed by atoms with Crippen LogP contribution >= 0.6 is 0 Å². The molecule has 0 aromatic heterocycles. The largest absolute Gasteiger partial charge is 0.507 e. The minimum atomic E-state index is -0.976. The second-order valence-corrected chi connectivity index (χ2v) is 9.07. The van der Waals surface area contributed by atoms with Crippen molar-refractivity contribution in [3.8, 4) is 11.5 Å². The molecule has 3 unspecified atom stereocenters. The molecule has 1 aliphatic heterocycles. The maximum absolute atomic E-state index is 11.8. The maximum Gasteiger partial charge on any atom is 0.309 e. The molecule has 0 spiro atoms. The number of carbonyl (C=O) groups is 1. The van der Waals surface area contributed by atoms with Crippen LogP contribution in [-0.4, -0.2) is 28.3 Å². The lowest BCUT2D eigenvalue weighted by atomic mass is 9.69. The quantitative estimate of drug-likeness (QED) is 0.528. The summed E-state index contributed by atoms with van der Waals surface area (Å²) in [6.45, 7) is 7.51. The van der Waals surface area contributed by atoms with E-state index in [2.05, 4.69) is 29.6 Å². The van der Waals surface area contributed by atoms with Gasteiger partial charge in [0.25, 0.3) is 0 Å². The fourth-order valence-electron chi connectivity index (χ4n) is 4.30. The van der Waals surface area contributed by atoms with E-state index in [1.165, 1.54) is 5.56 Å². The number of carboxylic acid groups (broad SMARTS) is 1. The van der Waals surface area contributed by atoms with Gasteiger partial charge in [0.05, 0.1) is 11.5 Å². The number of hydrogen-bond acceptors (Lipinski definition) is 4. The Balaban J connectivity index is 1.71. The molecule has 0 bridgehead atoms. The van der Waals surface area contributed by atoms with Crippen LogP contribution in [0.1, 0.15) is 64.0 Å². The second kappa shape index (κ2) is 8.99. The number of nitrogens with one attached hydrogen (secondary N) is 1. The molecule has 0 saturated heterocycles. The zero-order chi connectivity index (χ0) is 21.9. The van der Waals surface area contributed by atoms with Crippen molar-refractivity contribution in [3.05, 3.63) is 53.6 Å². The number of aryl methyl sites for hydroxylation is 1. The van der Waals surface area contributed by atoms with Gasteiger partial charge in [0.15, 0.2) is 0 Å². The molecular formula is C25H33NO4. The van der Waals surface area contributed by atoms with Gasteiger partial charge in [-0.05, 0) is 58.9 Å². The van der Waals surface area contributed by atoms with Gasteiger partial charge in [0, 0.05) is 35.3 Å². The summed E-state index contributed by atoms with van der Waals surface area (Å²) in [6.07, 6.45) is 3.60. The molecule has 5 heteroatoms. The van der Waals surface area contributed by atoms with Crippen LogP contribution in [0.4, 0.5) is 5.69 Å². The first kappa shape index (κ1) is 22.0. The second-order valence-electron chi connectivity index (χ2n) is 9.07. The van der Waals surface area contributed by atoms with Gasteiger partial charge in [0.2, 0.25) is 0 Å². The average molecular weight is 412 g/mol. The smallest absolute Gasteiger partial charge is 0.309 e. The molecule has 0 fully saturated rings. The Kier molecular flexibility index (Phi) is 6.59. The highest BCUT2D eigenvalue weighted by atomic mass is 16.5. The molecule has 3 atom stereocenters. The first-order valence-electron chi connectivity index (χ1n) is 10.8. The Morgan fingerprint density at radius 2 is 1.97 bits per heavy atom. The van der Waals surface area contributed by atoms with E-state index in [0.29, 0.717) is 17.7 Å². The van der Waals surface area contributed by atoms with Crippen LogP contribution in [0.5, 0.6) is 11.5 Å². The number of ether oxygens (including phenoxy) is 1. The van der Waals surface area contributed by atoms with Crippen LogP contribution in [-0.2, 0) is 11.2 Å².